The first-order valence-corrected chi connectivity index (χ1v) is 11.7. The molecule has 4 rings (SSSR count). The Hall–Kier alpha value is -2.99. The Kier molecular flexibility index (Phi) is 7.89. The molecule has 1 aliphatic heterocycles. The topological polar surface area (TPSA) is 78.6 Å². The van der Waals surface area contributed by atoms with Crippen LogP contribution in [0.1, 0.15) is 29.0 Å². The van der Waals surface area contributed by atoms with Crippen molar-refractivity contribution in [3.63, 3.8) is 0 Å². The van der Waals surface area contributed by atoms with Gasteiger partial charge in [0.2, 0.25) is 5.91 Å². The van der Waals surface area contributed by atoms with E-state index in [1.54, 1.807) is 0 Å². The van der Waals surface area contributed by atoms with Crippen molar-refractivity contribution >= 4 is 5.91 Å². The molecule has 0 aromatic heterocycles. The summed E-state index contributed by atoms with van der Waals surface area (Å²) in [5.74, 6) is 0.0568. The highest BCUT2D eigenvalue weighted by atomic mass is 16.3. The van der Waals surface area contributed by atoms with Gasteiger partial charge in [-0.05, 0) is 29.5 Å². The second kappa shape index (κ2) is 11.2. The zero-order chi connectivity index (χ0) is 23.0. The molecule has 5 heteroatoms. The number of benzene rings is 3. The zero-order valence-electron chi connectivity index (χ0n) is 18.9. The Bertz CT molecular complexity index is 958. The second-order valence-corrected chi connectivity index (χ2v) is 8.90. The van der Waals surface area contributed by atoms with E-state index in [2.05, 4.69) is 58.7 Å². The molecule has 3 aromatic carbocycles. The largest absolute Gasteiger partial charge is 0.395 e. The first-order valence-electron chi connectivity index (χ1n) is 11.7. The molecule has 0 bridgehead atoms. The smallest absolute Gasteiger partial charge is 0.237 e. The van der Waals surface area contributed by atoms with E-state index in [-0.39, 0.29) is 30.5 Å². The zero-order valence-corrected chi connectivity index (χ0v) is 18.9. The van der Waals surface area contributed by atoms with Crippen LogP contribution in [0.4, 0.5) is 0 Å². The minimum Gasteiger partial charge on any atom is -0.395 e. The summed E-state index contributed by atoms with van der Waals surface area (Å²) >= 11 is 0. The lowest BCUT2D eigenvalue weighted by Gasteiger charge is -2.28. The average Bonchev–Trinajstić information content (AvgIpc) is 3.25. The molecule has 5 nitrogen and oxygen atoms in total. The molecule has 3 atom stereocenters. The molecule has 0 spiro atoms. The number of amides is 1. The SMILES string of the molecule is N[C@@H](Cc1ccccc1)C(=O)N[C@H]1C[C@@H](CO)N(CC(c2ccccc2)c2ccccc2)C1. The van der Waals surface area contributed by atoms with Gasteiger partial charge >= 0.3 is 0 Å². The number of nitrogens with one attached hydrogen (secondary N) is 1. The van der Waals surface area contributed by atoms with Crippen LogP contribution in [0.15, 0.2) is 91.0 Å². The molecule has 1 saturated heterocycles. The number of nitrogens with two attached hydrogens (primary N) is 1. The van der Waals surface area contributed by atoms with Gasteiger partial charge in [0.05, 0.1) is 12.6 Å². The maximum absolute atomic E-state index is 12.8. The van der Waals surface area contributed by atoms with Crippen molar-refractivity contribution in [3.8, 4) is 0 Å². The Morgan fingerprint density at radius 2 is 1.48 bits per heavy atom. The molecule has 1 aliphatic rings. The Labute approximate surface area is 196 Å². The van der Waals surface area contributed by atoms with E-state index in [1.807, 2.05) is 42.5 Å². The number of aliphatic hydroxyl groups is 1. The molecular weight excluding hydrogens is 410 g/mol. The summed E-state index contributed by atoms with van der Waals surface area (Å²) in [6.45, 7) is 1.55. The van der Waals surface area contributed by atoms with Gasteiger partial charge in [0.25, 0.3) is 0 Å². The highest BCUT2D eigenvalue weighted by Gasteiger charge is 2.35. The van der Waals surface area contributed by atoms with E-state index in [0.29, 0.717) is 13.0 Å². The molecule has 1 heterocycles. The normalized spacial score (nSPS) is 19.5. The van der Waals surface area contributed by atoms with Gasteiger partial charge in [-0.25, -0.2) is 0 Å². The van der Waals surface area contributed by atoms with Crippen LogP contribution in [-0.4, -0.2) is 53.7 Å². The van der Waals surface area contributed by atoms with Gasteiger partial charge in [0, 0.05) is 31.1 Å². The standard InChI is InChI=1S/C28H33N3O2/c29-27(16-21-10-4-1-5-11-21)28(33)30-24-17-25(20-32)31(18-24)19-26(22-12-6-2-7-13-22)23-14-8-3-9-15-23/h1-15,24-27,32H,16-20,29H2,(H,30,33)/t24-,25-,27-/m0/s1. The fourth-order valence-electron chi connectivity index (χ4n) is 4.78. The molecular formula is C28H33N3O2. The number of carbonyl (C=O) groups excluding carboxylic acids is 1. The summed E-state index contributed by atoms with van der Waals surface area (Å²) in [5, 5.41) is 13.2. The third-order valence-electron chi connectivity index (χ3n) is 6.54. The molecule has 0 aliphatic carbocycles. The van der Waals surface area contributed by atoms with Gasteiger partial charge in [-0.3, -0.25) is 9.69 Å². The predicted octanol–water partition coefficient (Wildman–Crippen LogP) is 2.94. The van der Waals surface area contributed by atoms with E-state index < -0.39 is 6.04 Å². The maximum atomic E-state index is 12.8. The molecule has 0 radical (unpaired) electrons. The summed E-state index contributed by atoms with van der Waals surface area (Å²) in [7, 11) is 0. The fraction of sp³-hybridized carbons (Fsp3) is 0.321. The van der Waals surface area contributed by atoms with Gasteiger partial charge in [-0.2, -0.15) is 0 Å². The van der Waals surface area contributed by atoms with Crippen molar-refractivity contribution in [1.29, 1.82) is 0 Å². The van der Waals surface area contributed by atoms with Crippen LogP contribution in [-0.2, 0) is 11.2 Å². The molecule has 0 unspecified atom stereocenters. The van der Waals surface area contributed by atoms with E-state index in [4.69, 9.17) is 5.73 Å². The number of carbonyl (C=O) groups is 1. The lowest BCUT2D eigenvalue weighted by Crippen LogP contribution is -2.47. The van der Waals surface area contributed by atoms with Crippen molar-refractivity contribution < 1.29 is 9.90 Å². The second-order valence-electron chi connectivity index (χ2n) is 8.90. The van der Waals surface area contributed by atoms with Crippen LogP contribution in [0, 0.1) is 0 Å². The van der Waals surface area contributed by atoms with Crippen molar-refractivity contribution in [2.24, 2.45) is 5.73 Å². The highest BCUT2D eigenvalue weighted by molar-refractivity contribution is 5.82. The Morgan fingerprint density at radius 3 is 2.03 bits per heavy atom. The predicted molar refractivity (Wildman–Crippen MR) is 132 cm³/mol. The molecule has 172 valence electrons. The van der Waals surface area contributed by atoms with E-state index in [9.17, 15) is 9.90 Å². The quantitative estimate of drug-likeness (QED) is 0.475. The lowest BCUT2D eigenvalue weighted by molar-refractivity contribution is -0.123. The summed E-state index contributed by atoms with van der Waals surface area (Å²) in [4.78, 5) is 15.1. The molecule has 1 fully saturated rings. The van der Waals surface area contributed by atoms with Crippen LogP contribution in [0.3, 0.4) is 0 Å². The van der Waals surface area contributed by atoms with Crippen LogP contribution < -0.4 is 11.1 Å². The monoisotopic (exact) mass is 443 g/mol. The lowest BCUT2D eigenvalue weighted by atomic mass is 9.90. The minimum atomic E-state index is -0.588. The number of hydrogen-bond donors (Lipinski definition) is 3. The van der Waals surface area contributed by atoms with Crippen LogP contribution in [0.25, 0.3) is 0 Å². The Balaban J connectivity index is 1.42. The van der Waals surface area contributed by atoms with Gasteiger partial charge in [0.1, 0.15) is 0 Å². The van der Waals surface area contributed by atoms with Crippen LogP contribution >= 0.6 is 0 Å². The maximum Gasteiger partial charge on any atom is 0.237 e. The third-order valence-corrected chi connectivity index (χ3v) is 6.54. The van der Waals surface area contributed by atoms with Crippen molar-refractivity contribution in [2.75, 3.05) is 19.7 Å². The summed E-state index contributed by atoms with van der Waals surface area (Å²) in [6.07, 6.45) is 1.23. The van der Waals surface area contributed by atoms with E-state index in [0.717, 1.165) is 18.5 Å². The number of rotatable bonds is 9. The average molecular weight is 444 g/mol. The van der Waals surface area contributed by atoms with Crippen LogP contribution in [0.5, 0.6) is 0 Å². The van der Waals surface area contributed by atoms with Crippen molar-refractivity contribution in [3.05, 3.63) is 108 Å². The number of hydrogen-bond acceptors (Lipinski definition) is 4. The first-order chi connectivity index (χ1) is 16.1. The molecule has 33 heavy (non-hydrogen) atoms. The van der Waals surface area contributed by atoms with Crippen molar-refractivity contribution in [1.82, 2.24) is 10.2 Å². The highest BCUT2D eigenvalue weighted by Crippen LogP contribution is 2.29. The summed E-state index contributed by atoms with van der Waals surface area (Å²) < 4.78 is 0. The van der Waals surface area contributed by atoms with Crippen molar-refractivity contribution in [2.45, 2.75) is 36.9 Å². The summed E-state index contributed by atoms with van der Waals surface area (Å²) in [6, 6.07) is 30.2. The van der Waals surface area contributed by atoms with Gasteiger partial charge in [-0.15, -0.1) is 0 Å². The number of likely N-dealkylation sites (tertiary alicyclic amines) is 1. The number of aliphatic hydroxyl groups excluding tert-OH is 1. The van der Waals surface area contributed by atoms with Gasteiger partial charge in [0.15, 0.2) is 0 Å². The van der Waals surface area contributed by atoms with Gasteiger partial charge < -0.3 is 16.2 Å². The van der Waals surface area contributed by atoms with Crippen LogP contribution in [0.2, 0.25) is 0 Å². The minimum absolute atomic E-state index is 0.00979. The van der Waals surface area contributed by atoms with E-state index in [1.165, 1.54) is 11.1 Å². The molecule has 1 amide bonds. The fourth-order valence-corrected chi connectivity index (χ4v) is 4.78. The van der Waals surface area contributed by atoms with Gasteiger partial charge in [-0.1, -0.05) is 91.0 Å². The number of nitrogens with zero attached hydrogens (tertiary/aromatic N) is 1. The molecule has 0 saturated carbocycles. The molecule has 4 N–H and O–H groups in total. The third kappa shape index (κ3) is 6.08. The van der Waals surface area contributed by atoms with E-state index >= 15 is 0 Å². The first kappa shape index (κ1) is 23.2. The summed E-state index contributed by atoms with van der Waals surface area (Å²) in [5.41, 5.74) is 9.73. The molecule has 3 aromatic rings. The Morgan fingerprint density at radius 1 is 0.939 bits per heavy atom.